The van der Waals surface area contributed by atoms with E-state index in [1.165, 1.54) is 43.0 Å². The van der Waals surface area contributed by atoms with Crippen molar-refractivity contribution in [3.63, 3.8) is 0 Å². The second kappa shape index (κ2) is 8.97. The van der Waals surface area contributed by atoms with Gasteiger partial charge in [0.15, 0.2) is 0 Å². The lowest BCUT2D eigenvalue weighted by atomic mass is 9.84. The topological polar surface area (TPSA) is 49.4 Å². The molecular weight excluding hydrogens is 320 g/mol. The fourth-order valence-corrected chi connectivity index (χ4v) is 4.48. The molecule has 1 unspecified atom stereocenters. The Morgan fingerprint density at radius 3 is 2.54 bits per heavy atom. The predicted molar refractivity (Wildman–Crippen MR) is 101 cm³/mol. The number of hydrogen-bond donors (Lipinski definition) is 1. The van der Waals surface area contributed by atoms with Gasteiger partial charge in [0.2, 0.25) is 10.0 Å². The summed E-state index contributed by atoms with van der Waals surface area (Å²) in [6.07, 6.45) is 6.35. The maximum absolute atomic E-state index is 11.8. The zero-order chi connectivity index (χ0) is 17.6. The van der Waals surface area contributed by atoms with Crippen LogP contribution in [0.1, 0.15) is 49.8 Å². The van der Waals surface area contributed by atoms with Crippen LogP contribution in [0.15, 0.2) is 18.2 Å². The Morgan fingerprint density at radius 1 is 1.21 bits per heavy atom. The molecule has 136 valence electrons. The third-order valence-electron chi connectivity index (χ3n) is 5.05. The zero-order valence-electron chi connectivity index (χ0n) is 15.3. The second-order valence-corrected chi connectivity index (χ2v) is 8.81. The monoisotopic (exact) mass is 352 g/mol. The molecule has 2 rings (SSSR count). The van der Waals surface area contributed by atoms with Gasteiger partial charge in [-0.25, -0.2) is 13.1 Å². The molecule has 0 amide bonds. The molecule has 0 aliphatic heterocycles. The zero-order valence-corrected chi connectivity index (χ0v) is 16.2. The first-order valence-electron chi connectivity index (χ1n) is 9.25. The molecule has 5 heteroatoms. The maximum atomic E-state index is 11.8. The van der Waals surface area contributed by atoms with Gasteiger partial charge in [0.05, 0.1) is 5.75 Å². The molecule has 0 bridgehead atoms. The SMILES string of the molecule is CCCN(CCC)C1CCc2cccc(CCS(=O)(=O)NC)c2C1. The number of aryl methyl sites for hydroxylation is 2. The minimum atomic E-state index is -3.15. The largest absolute Gasteiger partial charge is 0.300 e. The molecule has 0 spiro atoms. The summed E-state index contributed by atoms with van der Waals surface area (Å²) in [5, 5.41) is 0. The molecule has 0 saturated heterocycles. The maximum Gasteiger partial charge on any atom is 0.211 e. The van der Waals surface area contributed by atoms with Crippen LogP contribution in [0.3, 0.4) is 0 Å². The third kappa shape index (κ3) is 5.04. The average molecular weight is 353 g/mol. The lowest BCUT2D eigenvalue weighted by Crippen LogP contribution is -2.40. The van der Waals surface area contributed by atoms with Gasteiger partial charge in [0.25, 0.3) is 0 Å². The molecule has 0 heterocycles. The van der Waals surface area contributed by atoms with Crippen molar-refractivity contribution in [1.82, 2.24) is 9.62 Å². The van der Waals surface area contributed by atoms with Gasteiger partial charge in [0.1, 0.15) is 0 Å². The number of hydrogen-bond acceptors (Lipinski definition) is 3. The number of fused-ring (bicyclic) bond motifs is 1. The predicted octanol–water partition coefficient (Wildman–Crippen LogP) is 2.76. The van der Waals surface area contributed by atoms with Gasteiger partial charge >= 0.3 is 0 Å². The van der Waals surface area contributed by atoms with Gasteiger partial charge in [-0.1, -0.05) is 32.0 Å². The van der Waals surface area contributed by atoms with Crippen LogP contribution in [-0.2, 0) is 29.3 Å². The molecular formula is C19H32N2O2S. The highest BCUT2D eigenvalue weighted by Gasteiger charge is 2.25. The molecule has 0 aromatic heterocycles. The Bertz CT molecular complexity index is 622. The van der Waals surface area contributed by atoms with Crippen molar-refractivity contribution < 1.29 is 8.42 Å². The first kappa shape index (κ1) is 19.4. The van der Waals surface area contributed by atoms with Crippen molar-refractivity contribution in [2.45, 2.75) is 58.4 Å². The lowest BCUT2D eigenvalue weighted by molar-refractivity contribution is 0.179. The molecule has 1 aliphatic carbocycles. The molecule has 4 nitrogen and oxygen atoms in total. The molecule has 1 atom stereocenters. The highest BCUT2D eigenvalue weighted by molar-refractivity contribution is 7.89. The van der Waals surface area contributed by atoms with E-state index in [4.69, 9.17) is 0 Å². The van der Waals surface area contributed by atoms with Gasteiger partial charge in [-0.05, 0) is 75.4 Å². The third-order valence-corrected chi connectivity index (χ3v) is 6.41. The number of sulfonamides is 1. The van der Waals surface area contributed by atoms with Crippen LogP contribution in [0.2, 0.25) is 0 Å². The van der Waals surface area contributed by atoms with Crippen LogP contribution >= 0.6 is 0 Å². The van der Waals surface area contributed by atoms with E-state index in [0.717, 1.165) is 25.9 Å². The minimum absolute atomic E-state index is 0.165. The van der Waals surface area contributed by atoms with Crippen LogP contribution in [0.25, 0.3) is 0 Å². The van der Waals surface area contributed by atoms with E-state index in [9.17, 15) is 8.42 Å². The quantitative estimate of drug-likeness (QED) is 0.743. The summed E-state index contributed by atoms with van der Waals surface area (Å²) in [7, 11) is -1.67. The van der Waals surface area contributed by atoms with E-state index >= 15 is 0 Å². The highest BCUT2D eigenvalue weighted by atomic mass is 32.2. The molecule has 1 aliphatic rings. The van der Waals surface area contributed by atoms with E-state index in [2.05, 4.69) is 41.7 Å². The van der Waals surface area contributed by atoms with Crippen LogP contribution in [0.5, 0.6) is 0 Å². The second-order valence-electron chi connectivity index (χ2n) is 6.76. The van der Waals surface area contributed by atoms with E-state index in [0.29, 0.717) is 12.5 Å². The van der Waals surface area contributed by atoms with Crippen molar-refractivity contribution in [3.8, 4) is 0 Å². The highest BCUT2D eigenvalue weighted by Crippen LogP contribution is 2.28. The fourth-order valence-electron chi connectivity index (χ4n) is 3.79. The standard InChI is InChI=1S/C19H32N2O2S/c1-4-12-21(13-5-2)18-10-9-16-7-6-8-17(19(16)15-18)11-14-24(22,23)20-3/h6-8,18,20H,4-5,9-15H2,1-3H3. The Labute approximate surface area is 147 Å². The molecule has 0 fully saturated rings. The first-order valence-corrected chi connectivity index (χ1v) is 10.9. The average Bonchev–Trinajstić information content (AvgIpc) is 2.59. The van der Waals surface area contributed by atoms with Crippen LogP contribution < -0.4 is 4.72 Å². The van der Waals surface area contributed by atoms with E-state index < -0.39 is 10.0 Å². The number of benzene rings is 1. The summed E-state index contributed by atoms with van der Waals surface area (Å²) in [6.45, 7) is 6.80. The van der Waals surface area contributed by atoms with E-state index in [1.807, 2.05) is 0 Å². The summed E-state index contributed by atoms with van der Waals surface area (Å²) in [5.74, 6) is 0.165. The Hall–Kier alpha value is -0.910. The molecule has 24 heavy (non-hydrogen) atoms. The summed E-state index contributed by atoms with van der Waals surface area (Å²) in [5.41, 5.74) is 4.03. The van der Waals surface area contributed by atoms with Crippen LogP contribution in [0, 0.1) is 0 Å². The normalized spacial score (nSPS) is 17.9. The minimum Gasteiger partial charge on any atom is -0.300 e. The van der Waals surface area contributed by atoms with E-state index in [-0.39, 0.29) is 5.75 Å². The van der Waals surface area contributed by atoms with Crippen LogP contribution in [-0.4, -0.2) is 45.2 Å². The number of rotatable bonds is 9. The van der Waals surface area contributed by atoms with Crippen LogP contribution in [0.4, 0.5) is 0 Å². The summed E-state index contributed by atoms with van der Waals surface area (Å²) in [6, 6.07) is 7.00. The fraction of sp³-hybridized carbons (Fsp3) is 0.684. The van der Waals surface area contributed by atoms with Crippen molar-refractivity contribution >= 4 is 10.0 Å². The Kier molecular flexibility index (Phi) is 7.26. The van der Waals surface area contributed by atoms with Crippen molar-refractivity contribution in [2.75, 3.05) is 25.9 Å². The lowest BCUT2D eigenvalue weighted by Gasteiger charge is -2.36. The molecule has 1 N–H and O–H groups in total. The van der Waals surface area contributed by atoms with Crippen molar-refractivity contribution in [2.24, 2.45) is 0 Å². The van der Waals surface area contributed by atoms with Gasteiger partial charge in [0, 0.05) is 6.04 Å². The number of nitrogens with one attached hydrogen (secondary N) is 1. The first-order chi connectivity index (χ1) is 11.5. The Balaban J connectivity index is 2.16. The smallest absolute Gasteiger partial charge is 0.211 e. The summed E-state index contributed by atoms with van der Waals surface area (Å²) < 4.78 is 25.9. The van der Waals surface area contributed by atoms with E-state index in [1.54, 1.807) is 0 Å². The van der Waals surface area contributed by atoms with Crippen molar-refractivity contribution in [1.29, 1.82) is 0 Å². The Morgan fingerprint density at radius 2 is 1.92 bits per heavy atom. The molecule has 1 aromatic carbocycles. The molecule has 0 radical (unpaired) electrons. The van der Waals surface area contributed by atoms with Gasteiger partial charge < -0.3 is 4.90 Å². The van der Waals surface area contributed by atoms with Gasteiger partial charge in [-0.15, -0.1) is 0 Å². The summed E-state index contributed by atoms with van der Waals surface area (Å²) >= 11 is 0. The molecule has 1 aromatic rings. The van der Waals surface area contributed by atoms with Gasteiger partial charge in [-0.3, -0.25) is 0 Å². The molecule has 0 saturated carbocycles. The van der Waals surface area contributed by atoms with Gasteiger partial charge in [-0.2, -0.15) is 0 Å². The van der Waals surface area contributed by atoms with Crippen molar-refractivity contribution in [3.05, 3.63) is 34.9 Å². The number of nitrogens with zero attached hydrogens (tertiary/aromatic N) is 1. The summed E-state index contributed by atoms with van der Waals surface area (Å²) in [4.78, 5) is 2.63.